The summed E-state index contributed by atoms with van der Waals surface area (Å²) in [6, 6.07) is 12.2. The summed E-state index contributed by atoms with van der Waals surface area (Å²) in [7, 11) is 2.88. The number of thioether (sulfide) groups is 1. The van der Waals surface area contributed by atoms with E-state index in [1.54, 1.807) is 24.3 Å². The van der Waals surface area contributed by atoms with Gasteiger partial charge in [-0.15, -0.1) is 0 Å². The molecule has 2 fully saturated rings. The minimum absolute atomic E-state index is 0.130. The van der Waals surface area contributed by atoms with Crippen molar-refractivity contribution >= 4 is 33.7 Å². The van der Waals surface area contributed by atoms with Gasteiger partial charge in [0, 0.05) is 46.9 Å². The van der Waals surface area contributed by atoms with Crippen LogP contribution in [0.4, 0.5) is 0 Å². The first-order chi connectivity index (χ1) is 24.3. The number of ether oxygens (including phenoxy) is 4. The SMILES string of the molecule is COc1ccc2cc(C[C@]3(O)[C@@H](O)[C@@H](CO)O[C@@H](S[C@@H]4O[C@H](CO)[C@H](O)[C@@](O)(Cc5cc6ccc(OC)cc6oc5=O)[C@H]4O)[C@@H]3O)c(=O)oc2c1. The summed E-state index contributed by atoms with van der Waals surface area (Å²) >= 11 is 0.508. The highest BCUT2D eigenvalue weighted by atomic mass is 32.2. The average Bonchev–Trinajstić information content (AvgIpc) is 3.12. The molecule has 0 aliphatic carbocycles. The molecular weight excluding hydrogens is 696 g/mol. The molecule has 2 aliphatic rings. The lowest BCUT2D eigenvalue weighted by Crippen LogP contribution is -2.70. The largest absolute Gasteiger partial charge is 0.497 e. The number of aliphatic hydroxyl groups excluding tert-OH is 6. The molecule has 51 heavy (non-hydrogen) atoms. The van der Waals surface area contributed by atoms with Gasteiger partial charge in [0.25, 0.3) is 0 Å². The van der Waals surface area contributed by atoms with Crippen molar-refractivity contribution in [2.75, 3.05) is 27.4 Å². The van der Waals surface area contributed by atoms with E-state index in [0.29, 0.717) is 34.0 Å². The van der Waals surface area contributed by atoms with E-state index in [2.05, 4.69) is 0 Å². The van der Waals surface area contributed by atoms with E-state index in [-0.39, 0.29) is 22.3 Å². The van der Waals surface area contributed by atoms with Crippen LogP contribution < -0.4 is 20.7 Å². The predicted octanol–water partition coefficient (Wildman–Crippen LogP) is -1.22. The van der Waals surface area contributed by atoms with Crippen molar-refractivity contribution in [1.29, 1.82) is 0 Å². The second-order valence-electron chi connectivity index (χ2n) is 12.6. The zero-order chi connectivity index (χ0) is 36.8. The van der Waals surface area contributed by atoms with Gasteiger partial charge < -0.3 is 68.6 Å². The Morgan fingerprint density at radius 3 is 1.39 bits per heavy atom. The average molecular weight is 735 g/mol. The summed E-state index contributed by atoms with van der Waals surface area (Å²) in [6.07, 6.45) is -12.3. The van der Waals surface area contributed by atoms with Gasteiger partial charge in [0.05, 0.1) is 27.4 Å². The molecule has 2 aromatic heterocycles. The minimum atomic E-state index is -2.54. The maximum Gasteiger partial charge on any atom is 0.339 e. The normalized spacial score (nSPS) is 32.7. The van der Waals surface area contributed by atoms with Crippen LogP contribution in [0.5, 0.6) is 11.5 Å². The molecule has 6 rings (SSSR count). The second-order valence-corrected chi connectivity index (χ2v) is 13.8. The highest BCUT2D eigenvalue weighted by molar-refractivity contribution is 8.00. The van der Waals surface area contributed by atoms with E-state index in [4.69, 9.17) is 27.8 Å². The fraction of sp³-hybridized carbons (Fsp3) is 0.471. The van der Waals surface area contributed by atoms with Crippen LogP contribution in [0.15, 0.2) is 67.0 Å². The second kappa shape index (κ2) is 14.4. The molecule has 0 spiro atoms. The van der Waals surface area contributed by atoms with Gasteiger partial charge in [-0.2, -0.15) is 0 Å². The molecule has 0 radical (unpaired) electrons. The third-order valence-corrected chi connectivity index (χ3v) is 10.8. The Morgan fingerprint density at radius 2 is 1.04 bits per heavy atom. The topological polar surface area (TPSA) is 259 Å². The number of aliphatic hydroxyl groups is 8. The monoisotopic (exact) mass is 734 g/mol. The van der Waals surface area contributed by atoms with Gasteiger partial charge >= 0.3 is 11.3 Å². The number of hydrogen-bond acceptors (Lipinski definition) is 17. The van der Waals surface area contributed by atoms with Crippen molar-refractivity contribution in [2.45, 2.75) is 71.5 Å². The molecule has 2 aromatic carbocycles. The minimum Gasteiger partial charge on any atom is -0.497 e. The molecule has 0 saturated carbocycles. The summed E-state index contributed by atoms with van der Waals surface area (Å²) in [5.41, 5.74) is -9.96. The fourth-order valence-corrected chi connectivity index (χ4v) is 7.98. The van der Waals surface area contributed by atoms with Gasteiger partial charge in [0.15, 0.2) is 0 Å². The lowest BCUT2D eigenvalue weighted by molar-refractivity contribution is -0.263. The van der Waals surface area contributed by atoms with Gasteiger partial charge in [-0.1, -0.05) is 11.8 Å². The first kappa shape index (κ1) is 37.2. The van der Waals surface area contributed by atoms with E-state index in [1.165, 1.54) is 38.5 Å². The van der Waals surface area contributed by atoms with Crippen LogP contribution in [0.3, 0.4) is 0 Å². The molecule has 0 bridgehead atoms. The van der Waals surface area contributed by atoms with Crippen LogP contribution in [0, 0.1) is 0 Å². The predicted molar refractivity (Wildman–Crippen MR) is 178 cm³/mol. The Balaban J connectivity index is 1.29. The van der Waals surface area contributed by atoms with E-state index >= 15 is 0 Å². The van der Waals surface area contributed by atoms with Gasteiger partial charge in [-0.05, 0) is 36.4 Å². The number of rotatable bonds is 10. The van der Waals surface area contributed by atoms with E-state index < -0.39 is 96.0 Å². The Bertz CT molecular complexity index is 1860. The van der Waals surface area contributed by atoms with Crippen LogP contribution in [-0.4, -0.2) is 127 Å². The number of benzene rings is 2. The zero-order valence-electron chi connectivity index (χ0n) is 27.3. The van der Waals surface area contributed by atoms with Crippen LogP contribution in [0.1, 0.15) is 11.1 Å². The molecule has 17 heteroatoms. The first-order valence-corrected chi connectivity index (χ1v) is 16.8. The molecule has 2 aliphatic heterocycles. The number of hydrogen-bond donors (Lipinski definition) is 8. The standard InChI is InChI=1S/C34H38O16S/c1-45-19-5-3-15-7-17(29(41)47-21(15)9-19)11-33(43)25(37)23(13-35)49-31(27(33)39)51-32-28(40)34(44,26(38)24(14-36)50-32)12-18-8-16-4-6-20(46-2)10-22(16)48-30(18)42/h3-10,23-28,31-32,35-40,43-44H,11-14H2,1-2H3/t23-,24-,25+,26+,27+,28+,31+,32+,33+,34+/m1/s1. The van der Waals surface area contributed by atoms with Crippen molar-refractivity contribution in [1.82, 2.24) is 0 Å². The van der Waals surface area contributed by atoms with Gasteiger partial charge in [0.1, 0.15) is 81.4 Å². The Hall–Kier alpha value is -3.59. The van der Waals surface area contributed by atoms with Crippen LogP contribution in [0.25, 0.3) is 21.9 Å². The molecule has 4 heterocycles. The molecule has 8 N–H and O–H groups in total. The van der Waals surface area contributed by atoms with Crippen molar-refractivity contribution < 1.29 is 68.6 Å². The van der Waals surface area contributed by atoms with Crippen molar-refractivity contribution in [2.24, 2.45) is 0 Å². The fourth-order valence-electron chi connectivity index (χ4n) is 6.54. The Labute approximate surface area is 293 Å². The van der Waals surface area contributed by atoms with Crippen molar-refractivity contribution in [3.05, 3.63) is 80.5 Å². The summed E-state index contributed by atoms with van der Waals surface area (Å²) in [5.74, 6) is 0.851. The molecule has 0 amide bonds. The molecule has 16 nitrogen and oxygen atoms in total. The van der Waals surface area contributed by atoms with Crippen LogP contribution in [-0.2, 0) is 22.3 Å². The highest BCUT2D eigenvalue weighted by Crippen LogP contribution is 2.43. The molecule has 276 valence electrons. The summed E-state index contributed by atoms with van der Waals surface area (Å²) in [5, 5.41) is 89.7. The van der Waals surface area contributed by atoms with Crippen LogP contribution in [0.2, 0.25) is 0 Å². The van der Waals surface area contributed by atoms with Gasteiger partial charge in [0.2, 0.25) is 0 Å². The highest BCUT2D eigenvalue weighted by Gasteiger charge is 2.59. The first-order valence-electron chi connectivity index (χ1n) is 15.8. The van der Waals surface area contributed by atoms with Crippen LogP contribution >= 0.6 is 11.8 Å². The van der Waals surface area contributed by atoms with Crippen molar-refractivity contribution in [3.8, 4) is 11.5 Å². The molecule has 4 aromatic rings. The number of fused-ring (bicyclic) bond motifs is 2. The number of methoxy groups -OCH3 is 2. The zero-order valence-corrected chi connectivity index (χ0v) is 28.1. The summed E-state index contributed by atoms with van der Waals surface area (Å²) in [6.45, 7) is -1.70. The Morgan fingerprint density at radius 1 is 0.647 bits per heavy atom. The lowest BCUT2D eigenvalue weighted by atomic mass is 9.80. The quantitative estimate of drug-likeness (QED) is 0.0888. The van der Waals surface area contributed by atoms with Gasteiger partial charge in [-0.3, -0.25) is 0 Å². The maximum absolute atomic E-state index is 13.0. The molecule has 2 saturated heterocycles. The molecule has 10 atom stereocenters. The smallest absolute Gasteiger partial charge is 0.339 e. The third-order valence-electron chi connectivity index (χ3n) is 9.49. The summed E-state index contributed by atoms with van der Waals surface area (Å²) in [4.78, 5) is 25.9. The molecule has 0 unspecified atom stereocenters. The van der Waals surface area contributed by atoms with E-state index in [1.807, 2.05) is 0 Å². The lowest BCUT2D eigenvalue weighted by Gasteiger charge is -2.51. The Kier molecular flexibility index (Phi) is 10.5. The van der Waals surface area contributed by atoms with E-state index in [9.17, 15) is 50.4 Å². The van der Waals surface area contributed by atoms with Gasteiger partial charge in [-0.25, -0.2) is 9.59 Å². The molecular formula is C34H38O16S. The van der Waals surface area contributed by atoms with Crippen molar-refractivity contribution in [3.63, 3.8) is 0 Å². The maximum atomic E-state index is 13.0. The summed E-state index contributed by atoms with van der Waals surface area (Å²) < 4.78 is 32.5. The van der Waals surface area contributed by atoms with E-state index in [0.717, 1.165) is 0 Å². The third kappa shape index (κ3) is 6.75.